The van der Waals surface area contributed by atoms with Gasteiger partial charge in [-0.05, 0) is 41.3 Å². The van der Waals surface area contributed by atoms with Crippen LogP contribution in [0.2, 0.25) is 0 Å². The predicted octanol–water partition coefficient (Wildman–Crippen LogP) is 4.31. The van der Waals surface area contributed by atoms with Crippen molar-refractivity contribution in [2.24, 2.45) is 5.92 Å². The first-order valence-corrected chi connectivity index (χ1v) is 13.7. The zero-order chi connectivity index (χ0) is 24.5. The van der Waals surface area contributed by atoms with Crippen LogP contribution in [-0.4, -0.2) is 30.5 Å². The maximum Gasteiger partial charge on any atom is 0.230 e. The van der Waals surface area contributed by atoms with Gasteiger partial charge in [-0.1, -0.05) is 38.1 Å². The SMILES string of the molecule is CC(C)C1c2nc(NC(=O)Cc3ccc(S(C)(=O)=O)cc3)sc2CN1Cc1cccc(C#N)c1. The number of carbonyl (C=O) groups excluding carboxylic acids is 1. The standard InChI is InChI=1S/C25H26N4O3S2/c1-16(2)24-23-21(15-29(24)14-19-6-4-5-18(11-19)13-26)33-25(28-23)27-22(30)12-17-7-9-20(10-8-17)34(3,31)32/h4-11,16,24H,12,14-15H2,1-3H3,(H,27,28,30). The fraction of sp³-hybridized carbons (Fsp3) is 0.320. The number of anilines is 1. The Balaban J connectivity index is 1.43. The molecule has 4 rings (SSSR count). The zero-order valence-electron chi connectivity index (χ0n) is 19.3. The number of nitrogens with zero attached hydrogens (tertiary/aromatic N) is 3. The Labute approximate surface area is 204 Å². The van der Waals surface area contributed by atoms with Gasteiger partial charge in [0.15, 0.2) is 15.0 Å². The van der Waals surface area contributed by atoms with E-state index in [1.807, 2.05) is 18.2 Å². The van der Waals surface area contributed by atoms with Gasteiger partial charge in [-0.15, -0.1) is 11.3 Å². The Hall–Kier alpha value is -3.06. The molecule has 0 saturated heterocycles. The highest BCUT2D eigenvalue weighted by Crippen LogP contribution is 2.43. The number of aromatic nitrogens is 1. The summed E-state index contributed by atoms with van der Waals surface area (Å²) in [5.74, 6) is 0.144. The summed E-state index contributed by atoms with van der Waals surface area (Å²) in [6, 6.07) is 16.3. The molecule has 2 heterocycles. The summed E-state index contributed by atoms with van der Waals surface area (Å²) in [5, 5.41) is 12.7. The molecule has 1 N–H and O–H groups in total. The quantitative estimate of drug-likeness (QED) is 0.525. The fourth-order valence-corrected chi connectivity index (χ4v) is 5.96. The lowest BCUT2D eigenvalue weighted by molar-refractivity contribution is -0.115. The van der Waals surface area contributed by atoms with Gasteiger partial charge in [0, 0.05) is 24.2 Å². The van der Waals surface area contributed by atoms with E-state index >= 15 is 0 Å². The third-order valence-electron chi connectivity index (χ3n) is 5.78. The third kappa shape index (κ3) is 5.36. The molecule has 1 atom stereocenters. The third-order valence-corrected chi connectivity index (χ3v) is 7.88. The highest BCUT2D eigenvalue weighted by molar-refractivity contribution is 7.90. The number of hydrogen-bond acceptors (Lipinski definition) is 7. The Bertz CT molecular complexity index is 1360. The van der Waals surface area contributed by atoms with Gasteiger partial charge in [0.1, 0.15) is 0 Å². The van der Waals surface area contributed by atoms with Crippen molar-refractivity contribution in [3.8, 4) is 6.07 Å². The van der Waals surface area contributed by atoms with Crippen LogP contribution in [0.4, 0.5) is 5.13 Å². The molecule has 176 valence electrons. The Morgan fingerprint density at radius 2 is 1.97 bits per heavy atom. The molecule has 34 heavy (non-hydrogen) atoms. The molecule has 0 aliphatic carbocycles. The van der Waals surface area contributed by atoms with E-state index in [0.717, 1.165) is 41.0 Å². The fourth-order valence-electron chi connectivity index (χ4n) is 4.29. The number of nitriles is 1. The minimum absolute atomic E-state index is 0.131. The van der Waals surface area contributed by atoms with Crippen LogP contribution in [0.5, 0.6) is 0 Å². The van der Waals surface area contributed by atoms with Crippen LogP contribution in [0.25, 0.3) is 0 Å². The highest BCUT2D eigenvalue weighted by atomic mass is 32.2. The first kappa shape index (κ1) is 24.1. The lowest BCUT2D eigenvalue weighted by atomic mass is 10.0. The second kappa shape index (κ2) is 9.66. The number of hydrogen-bond donors (Lipinski definition) is 1. The average Bonchev–Trinajstić information content (AvgIpc) is 3.29. The molecule has 2 aromatic carbocycles. The summed E-state index contributed by atoms with van der Waals surface area (Å²) in [6.07, 6.45) is 1.30. The number of sulfone groups is 1. The largest absolute Gasteiger partial charge is 0.302 e. The number of rotatable bonds is 7. The van der Waals surface area contributed by atoms with Crippen LogP contribution in [0.1, 0.15) is 47.2 Å². The maximum atomic E-state index is 12.6. The van der Waals surface area contributed by atoms with Crippen molar-refractivity contribution in [1.29, 1.82) is 5.26 Å². The minimum Gasteiger partial charge on any atom is -0.302 e. The summed E-state index contributed by atoms with van der Waals surface area (Å²) >= 11 is 1.49. The van der Waals surface area contributed by atoms with Crippen LogP contribution >= 0.6 is 11.3 Å². The van der Waals surface area contributed by atoms with Gasteiger partial charge in [0.2, 0.25) is 5.91 Å². The second-order valence-corrected chi connectivity index (χ2v) is 12.0. The average molecular weight is 495 g/mol. The van der Waals surface area contributed by atoms with E-state index in [-0.39, 0.29) is 23.3 Å². The molecule has 7 nitrogen and oxygen atoms in total. The van der Waals surface area contributed by atoms with Gasteiger partial charge in [-0.25, -0.2) is 13.4 Å². The van der Waals surface area contributed by atoms with E-state index < -0.39 is 9.84 Å². The minimum atomic E-state index is -3.26. The van der Waals surface area contributed by atoms with E-state index in [1.165, 1.54) is 23.5 Å². The van der Waals surface area contributed by atoms with Gasteiger partial charge in [0.05, 0.1) is 34.7 Å². The lowest BCUT2D eigenvalue weighted by Crippen LogP contribution is -2.26. The summed E-state index contributed by atoms with van der Waals surface area (Å²) in [6.45, 7) is 5.80. The summed E-state index contributed by atoms with van der Waals surface area (Å²) in [7, 11) is -3.26. The van der Waals surface area contributed by atoms with Gasteiger partial charge in [-0.2, -0.15) is 5.26 Å². The van der Waals surface area contributed by atoms with Crippen LogP contribution in [0, 0.1) is 17.2 Å². The van der Waals surface area contributed by atoms with Crippen LogP contribution in [-0.2, 0) is 34.1 Å². The smallest absolute Gasteiger partial charge is 0.230 e. The van der Waals surface area contributed by atoms with Gasteiger partial charge >= 0.3 is 0 Å². The van der Waals surface area contributed by atoms with Crippen molar-refractivity contribution in [2.75, 3.05) is 11.6 Å². The molecule has 0 spiro atoms. The molecule has 1 aliphatic rings. The molecule has 1 aliphatic heterocycles. The Kier molecular flexibility index (Phi) is 6.84. The molecule has 0 bridgehead atoms. The molecule has 0 saturated carbocycles. The molecule has 1 unspecified atom stereocenters. The molecular weight excluding hydrogens is 468 g/mol. The number of thiazole rings is 1. The van der Waals surface area contributed by atoms with Gasteiger partial charge < -0.3 is 5.32 Å². The van der Waals surface area contributed by atoms with E-state index in [9.17, 15) is 18.5 Å². The van der Waals surface area contributed by atoms with Crippen LogP contribution < -0.4 is 5.32 Å². The first-order valence-electron chi connectivity index (χ1n) is 11.0. The summed E-state index contributed by atoms with van der Waals surface area (Å²) in [5.41, 5.74) is 3.49. The van der Waals surface area contributed by atoms with E-state index in [2.05, 4.69) is 30.1 Å². The molecule has 9 heteroatoms. The van der Waals surface area contributed by atoms with Gasteiger partial charge in [0.25, 0.3) is 0 Å². The molecule has 0 fully saturated rings. The van der Waals surface area contributed by atoms with Crippen molar-refractivity contribution in [1.82, 2.24) is 9.88 Å². The van der Waals surface area contributed by atoms with Crippen molar-refractivity contribution in [3.05, 3.63) is 75.8 Å². The number of fused-ring (bicyclic) bond motifs is 1. The zero-order valence-corrected chi connectivity index (χ0v) is 20.9. The van der Waals surface area contributed by atoms with Crippen molar-refractivity contribution in [3.63, 3.8) is 0 Å². The number of carbonyl (C=O) groups is 1. The van der Waals surface area contributed by atoms with Crippen molar-refractivity contribution < 1.29 is 13.2 Å². The highest BCUT2D eigenvalue weighted by Gasteiger charge is 2.36. The lowest BCUT2D eigenvalue weighted by Gasteiger charge is -2.27. The monoisotopic (exact) mass is 494 g/mol. The predicted molar refractivity (Wildman–Crippen MR) is 132 cm³/mol. The molecule has 3 aromatic rings. The van der Waals surface area contributed by atoms with Crippen molar-refractivity contribution in [2.45, 2.75) is 44.3 Å². The summed E-state index contributed by atoms with van der Waals surface area (Å²) in [4.78, 5) is 21.1. The van der Waals surface area contributed by atoms with Crippen molar-refractivity contribution >= 4 is 32.2 Å². The molecular formula is C25H26N4O3S2. The number of amides is 1. The molecule has 1 amide bonds. The van der Waals surface area contributed by atoms with Crippen LogP contribution in [0.15, 0.2) is 53.4 Å². The van der Waals surface area contributed by atoms with Crippen LogP contribution in [0.3, 0.4) is 0 Å². The Morgan fingerprint density at radius 3 is 2.62 bits per heavy atom. The van der Waals surface area contributed by atoms with E-state index in [1.54, 1.807) is 18.2 Å². The maximum absolute atomic E-state index is 12.6. The summed E-state index contributed by atoms with van der Waals surface area (Å²) < 4.78 is 23.2. The Morgan fingerprint density at radius 1 is 1.24 bits per heavy atom. The topological polar surface area (TPSA) is 103 Å². The normalized spacial score (nSPS) is 15.8. The first-order chi connectivity index (χ1) is 16.1. The number of benzene rings is 2. The number of nitrogens with one attached hydrogen (secondary N) is 1. The van der Waals surface area contributed by atoms with E-state index in [4.69, 9.17) is 4.98 Å². The molecule has 0 radical (unpaired) electrons. The van der Waals surface area contributed by atoms with Gasteiger partial charge in [-0.3, -0.25) is 9.69 Å². The second-order valence-electron chi connectivity index (χ2n) is 8.87. The molecule has 1 aromatic heterocycles. The van der Waals surface area contributed by atoms with E-state index in [0.29, 0.717) is 16.6 Å².